The number of piperidine rings is 1. The summed E-state index contributed by atoms with van der Waals surface area (Å²) < 4.78 is 27.0. The average molecular weight is 479 g/mol. The summed E-state index contributed by atoms with van der Waals surface area (Å²) in [6.07, 6.45) is 4.42. The lowest BCUT2D eigenvalue weighted by Crippen LogP contribution is -2.54. The number of likely N-dealkylation sites (tertiary alicyclic amines) is 1. The van der Waals surface area contributed by atoms with Gasteiger partial charge in [-0.25, -0.2) is 8.42 Å². The molecule has 1 atom stereocenters. The van der Waals surface area contributed by atoms with E-state index in [0.29, 0.717) is 13.1 Å². The Morgan fingerprint density at radius 1 is 1.09 bits per heavy atom. The van der Waals surface area contributed by atoms with Gasteiger partial charge in [0.25, 0.3) is 5.91 Å². The summed E-state index contributed by atoms with van der Waals surface area (Å²) in [6, 6.07) is 6.17. The molecule has 2 N–H and O–H groups in total. The lowest BCUT2D eigenvalue weighted by Gasteiger charge is -2.33. The third-order valence-corrected chi connectivity index (χ3v) is 8.66. The third kappa shape index (κ3) is 6.33. The molecule has 2 amide bonds. The van der Waals surface area contributed by atoms with Crippen molar-refractivity contribution in [2.75, 3.05) is 26.2 Å². The molecule has 9 heteroatoms. The minimum atomic E-state index is -3.67. The molecule has 184 valence electrons. The van der Waals surface area contributed by atoms with Gasteiger partial charge >= 0.3 is 0 Å². The highest BCUT2D eigenvalue weighted by atomic mass is 32.2. The van der Waals surface area contributed by atoms with E-state index in [1.165, 1.54) is 29.3 Å². The number of carbonyl (C=O) groups excluding carboxylic acids is 2. The zero-order valence-corrected chi connectivity index (χ0v) is 21.0. The van der Waals surface area contributed by atoms with Crippen LogP contribution < -0.4 is 10.6 Å². The summed E-state index contributed by atoms with van der Waals surface area (Å²) in [5, 5.41) is 5.95. The Kier molecular flexibility index (Phi) is 8.53. The lowest BCUT2D eigenvalue weighted by molar-refractivity contribution is -0.125. The molecular weight excluding hydrogens is 440 g/mol. The zero-order chi connectivity index (χ0) is 24.2. The standard InChI is InChI=1S/C24H38N4O4S/c1-5-28(6-2)33(31,32)21-9-7-8-18(16-21)23(29)26-22(17(3)4)24(30)25-19-12-14-27(15-13-19)20-10-11-20/h7-9,16-17,19-20,22H,5-6,10-15H2,1-4H3,(H,25,30)(H,26,29). The van der Waals surface area contributed by atoms with E-state index in [2.05, 4.69) is 15.5 Å². The van der Waals surface area contributed by atoms with E-state index in [9.17, 15) is 18.0 Å². The van der Waals surface area contributed by atoms with Crippen LogP contribution >= 0.6 is 0 Å². The molecule has 2 aliphatic rings. The molecule has 1 saturated heterocycles. The van der Waals surface area contributed by atoms with Crippen molar-refractivity contribution >= 4 is 21.8 Å². The highest BCUT2D eigenvalue weighted by Gasteiger charge is 2.33. The van der Waals surface area contributed by atoms with Gasteiger partial charge in [0.1, 0.15) is 6.04 Å². The van der Waals surface area contributed by atoms with Crippen LogP contribution in [0.4, 0.5) is 0 Å². The van der Waals surface area contributed by atoms with Gasteiger partial charge in [0.15, 0.2) is 0 Å². The number of benzene rings is 1. The molecule has 0 spiro atoms. The van der Waals surface area contributed by atoms with Crippen LogP contribution in [0, 0.1) is 5.92 Å². The number of nitrogens with one attached hydrogen (secondary N) is 2. The zero-order valence-electron chi connectivity index (χ0n) is 20.2. The topological polar surface area (TPSA) is 98.8 Å². The van der Waals surface area contributed by atoms with Gasteiger partial charge in [0.2, 0.25) is 15.9 Å². The van der Waals surface area contributed by atoms with Gasteiger partial charge in [-0.2, -0.15) is 4.31 Å². The second-order valence-corrected chi connectivity index (χ2v) is 11.3. The van der Waals surface area contributed by atoms with E-state index in [0.717, 1.165) is 32.0 Å². The molecule has 1 aromatic rings. The highest BCUT2D eigenvalue weighted by Crippen LogP contribution is 2.29. The number of sulfonamides is 1. The van der Waals surface area contributed by atoms with E-state index in [1.807, 2.05) is 13.8 Å². The maximum atomic E-state index is 13.0. The predicted octanol–water partition coefficient (Wildman–Crippen LogP) is 2.21. The number of hydrogen-bond acceptors (Lipinski definition) is 5. The number of rotatable bonds is 10. The van der Waals surface area contributed by atoms with Gasteiger partial charge in [-0.1, -0.05) is 33.8 Å². The van der Waals surface area contributed by atoms with Gasteiger partial charge in [-0.15, -0.1) is 0 Å². The van der Waals surface area contributed by atoms with Gasteiger partial charge in [-0.05, 0) is 49.8 Å². The van der Waals surface area contributed by atoms with E-state index in [4.69, 9.17) is 0 Å². The molecule has 33 heavy (non-hydrogen) atoms. The summed E-state index contributed by atoms with van der Waals surface area (Å²) in [6.45, 7) is 10.0. The molecule has 1 aliphatic heterocycles. The largest absolute Gasteiger partial charge is 0.351 e. The Morgan fingerprint density at radius 2 is 1.73 bits per heavy atom. The summed E-state index contributed by atoms with van der Waals surface area (Å²) in [4.78, 5) is 28.5. The SMILES string of the molecule is CCN(CC)S(=O)(=O)c1cccc(C(=O)NC(C(=O)NC2CCN(C3CC3)CC2)C(C)C)c1. The van der Waals surface area contributed by atoms with E-state index >= 15 is 0 Å². The first-order chi connectivity index (χ1) is 15.7. The normalized spacial score (nSPS) is 19.0. The fourth-order valence-corrected chi connectivity index (χ4v) is 5.91. The number of amides is 2. The quantitative estimate of drug-likeness (QED) is 0.537. The smallest absolute Gasteiger partial charge is 0.251 e. The van der Waals surface area contributed by atoms with Gasteiger partial charge < -0.3 is 15.5 Å². The number of hydrogen-bond donors (Lipinski definition) is 2. The number of nitrogens with zero attached hydrogens (tertiary/aromatic N) is 2. The fourth-order valence-electron chi connectivity index (χ4n) is 4.41. The van der Waals surface area contributed by atoms with Crippen molar-refractivity contribution in [2.24, 2.45) is 5.92 Å². The lowest BCUT2D eigenvalue weighted by atomic mass is 10.00. The van der Waals surface area contributed by atoms with Crippen LogP contribution in [0.2, 0.25) is 0 Å². The maximum Gasteiger partial charge on any atom is 0.251 e. The minimum Gasteiger partial charge on any atom is -0.351 e. The minimum absolute atomic E-state index is 0.0758. The second kappa shape index (κ2) is 11.0. The second-order valence-electron chi connectivity index (χ2n) is 9.36. The summed E-state index contributed by atoms with van der Waals surface area (Å²) >= 11 is 0. The van der Waals surface area contributed by atoms with E-state index < -0.39 is 22.0 Å². The summed E-state index contributed by atoms with van der Waals surface area (Å²) in [5.41, 5.74) is 0.222. The van der Waals surface area contributed by atoms with Gasteiger partial charge in [0.05, 0.1) is 4.90 Å². The van der Waals surface area contributed by atoms with Crippen molar-refractivity contribution in [2.45, 2.75) is 76.4 Å². The molecule has 1 saturated carbocycles. The van der Waals surface area contributed by atoms with Crippen LogP contribution in [0.1, 0.15) is 63.7 Å². The van der Waals surface area contributed by atoms with Crippen molar-refractivity contribution in [3.63, 3.8) is 0 Å². The monoisotopic (exact) mass is 478 g/mol. The van der Waals surface area contributed by atoms with E-state index in [1.54, 1.807) is 26.0 Å². The summed E-state index contributed by atoms with van der Waals surface area (Å²) in [7, 11) is -3.67. The van der Waals surface area contributed by atoms with Gasteiger partial charge in [-0.3, -0.25) is 9.59 Å². The Labute approximate surface area is 198 Å². The van der Waals surface area contributed by atoms with Crippen molar-refractivity contribution in [3.8, 4) is 0 Å². The Hall–Kier alpha value is -1.97. The molecule has 0 bridgehead atoms. The summed E-state index contributed by atoms with van der Waals surface area (Å²) in [5.74, 6) is -0.748. The van der Waals surface area contributed by atoms with Gasteiger partial charge in [0, 0.05) is 43.8 Å². The highest BCUT2D eigenvalue weighted by molar-refractivity contribution is 7.89. The Bertz CT molecular complexity index is 934. The Morgan fingerprint density at radius 3 is 2.27 bits per heavy atom. The predicted molar refractivity (Wildman–Crippen MR) is 128 cm³/mol. The molecule has 3 rings (SSSR count). The van der Waals surface area contributed by atoms with Crippen molar-refractivity contribution in [1.29, 1.82) is 0 Å². The first-order valence-corrected chi connectivity index (χ1v) is 13.6. The molecule has 1 aliphatic carbocycles. The molecule has 1 aromatic carbocycles. The van der Waals surface area contributed by atoms with E-state index in [-0.39, 0.29) is 28.3 Å². The van der Waals surface area contributed by atoms with Crippen LogP contribution in [-0.2, 0) is 14.8 Å². The molecule has 0 radical (unpaired) electrons. The van der Waals surface area contributed by atoms with Crippen LogP contribution in [0.3, 0.4) is 0 Å². The average Bonchev–Trinajstić information content (AvgIpc) is 3.63. The van der Waals surface area contributed by atoms with Crippen LogP contribution in [0.15, 0.2) is 29.2 Å². The molecule has 8 nitrogen and oxygen atoms in total. The van der Waals surface area contributed by atoms with Crippen LogP contribution in [0.25, 0.3) is 0 Å². The van der Waals surface area contributed by atoms with Crippen molar-refractivity contribution in [1.82, 2.24) is 19.8 Å². The fraction of sp³-hybridized carbons (Fsp3) is 0.667. The van der Waals surface area contributed by atoms with Crippen molar-refractivity contribution in [3.05, 3.63) is 29.8 Å². The molecule has 0 aromatic heterocycles. The first-order valence-electron chi connectivity index (χ1n) is 12.1. The maximum absolute atomic E-state index is 13.0. The number of carbonyl (C=O) groups is 2. The third-order valence-electron chi connectivity index (χ3n) is 6.61. The Balaban J connectivity index is 1.64. The first kappa shape index (κ1) is 25.6. The molecule has 1 unspecified atom stereocenters. The molecular formula is C24H38N4O4S. The molecule has 1 heterocycles. The van der Waals surface area contributed by atoms with Crippen LogP contribution in [0.5, 0.6) is 0 Å². The molecule has 2 fully saturated rings. The van der Waals surface area contributed by atoms with Crippen molar-refractivity contribution < 1.29 is 18.0 Å². The van der Waals surface area contributed by atoms with Crippen LogP contribution in [-0.4, -0.2) is 73.7 Å².